The van der Waals surface area contributed by atoms with Crippen molar-refractivity contribution in [1.29, 1.82) is 0 Å². The van der Waals surface area contributed by atoms with Crippen LogP contribution in [0.5, 0.6) is 0 Å². The van der Waals surface area contributed by atoms with Crippen molar-refractivity contribution in [1.82, 2.24) is 0 Å². The number of carboxylic acid groups (broad SMARTS) is 1. The molecule has 0 spiro atoms. The molecule has 2 aliphatic rings. The average Bonchev–Trinajstić information content (AvgIpc) is 2.41. The van der Waals surface area contributed by atoms with E-state index in [-0.39, 0.29) is 6.10 Å². The van der Waals surface area contributed by atoms with Crippen LogP contribution in [-0.4, -0.2) is 35.7 Å². The van der Waals surface area contributed by atoms with Gasteiger partial charge < -0.3 is 19.3 Å². The van der Waals surface area contributed by atoms with E-state index in [1.54, 1.807) is 0 Å². The lowest BCUT2D eigenvalue weighted by molar-refractivity contribution is -0.0747. The topological polar surface area (TPSA) is 82.1 Å². The van der Waals surface area contributed by atoms with Gasteiger partial charge in [-0.3, -0.25) is 0 Å². The van der Waals surface area contributed by atoms with E-state index in [2.05, 4.69) is 0 Å². The third-order valence-corrected chi connectivity index (χ3v) is 3.96. The van der Waals surface area contributed by atoms with E-state index in [4.69, 9.17) is 19.3 Å². The largest absolute Gasteiger partial charge is 0.508 e. The molecule has 2 atom stereocenters. The van der Waals surface area contributed by atoms with Gasteiger partial charge in [-0.05, 0) is 51.4 Å². The highest BCUT2D eigenvalue weighted by atomic mass is 16.7. The van der Waals surface area contributed by atoms with Crippen LogP contribution in [0.25, 0.3) is 0 Å². The second-order valence-corrected chi connectivity index (χ2v) is 5.49. The smallest absolute Gasteiger partial charge is 0.450 e. The van der Waals surface area contributed by atoms with E-state index in [1.807, 2.05) is 0 Å². The zero-order valence-electron chi connectivity index (χ0n) is 11.6. The molecule has 0 aromatic rings. The molecular weight excluding hydrogens is 264 g/mol. The number of ether oxygens (including phenoxy) is 3. The third-order valence-electron chi connectivity index (χ3n) is 3.96. The highest BCUT2D eigenvalue weighted by molar-refractivity contribution is 5.61. The second kappa shape index (κ2) is 7.36. The van der Waals surface area contributed by atoms with Crippen LogP contribution in [0.2, 0.25) is 0 Å². The Morgan fingerprint density at radius 1 is 0.750 bits per heavy atom. The quantitative estimate of drug-likeness (QED) is 0.800. The molecule has 1 N–H and O–H groups in total. The summed E-state index contributed by atoms with van der Waals surface area (Å²) in [6.45, 7) is 0. The molecule has 0 saturated heterocycles. The number of carbonyl (C=O) groups is 2. The maximum absolute atomic E-state index is 11.8. The van der Waals surface area contributed by atoms with Crippen LogP contribution in [0, 0.1) is 0 Å². The van der Waals surface area contributed by atoms with E-state index in [0.717, 1.165) is 38.5 Å². The summed E-state index contributed by atoms with van der Waals surface area (Å²) < 4.78 is 15.3. The van der Waals surface area contributed by atoms with E-state index in [1.165, 1.54) is 6.42 Å². The van der Waals surface area contributed by atoms with Gasteiger partial charge in [-0.1, -0.05) is 6.42 Å². The predicted molar refractivity (Wildman–Crippen MR) is 69.6 cm³/mol. The maximum Gasteiger partial charge on any atom is 0.508 e. The first kappa shape index (κ1) is 14.9. The standard InChI is InChI=1S/C14H22O6/c15-13(16)19-11-8-4-5-9-12(11)20-14(17)18-10-6-2-1-3-7-10/h10-12H,1-9H2,(H,15,16). The fourth-order valence-corrected chi connectivity index (χ4v) is 2.93. The van der Waals surface area contributed by atoms with Gasteiger partial charge >= 0.3 is 12.3 Å². The number of carbonyl (C=O) groups excluding carboxylic acids is 1. The Morgan fingerprint density at radius 2 is 1.30 bits per heavy atom. The summed E-state index contributed by atoms with van der Waals surface area (Å²) >= 11 is 0. The highest BCUT2D eigenvalue weighted by Crippen LogP contribution is 2.26. The SMILES string of the molecule is O=C(O)OC1CCCCC1OC(=O)OC1CCCCC1. The minimum Gasteiger partial charge on any atom is -0.450 e. The molecular formula is C14H22O6. The van der Waals surface area contributed by atoms with E-state index >= 15 is 0 Å². The van der Waals surface area contributed by atoms with Gasteiger partial charge in [0.1, 0.15) is 18.3 Å². The van der Waals surface area contributed by atoms with Crippen LogP contribution in [0.1, 0.15) is 57.8 Å². The summed E-state index contributed by atoms with van der Waals surface area (Å²) in [5.74, 6) is 0. The monoisotopic (exact) mass is 286 g/mol. The molecule has 2 unspecified atom stereocenters. The lowest BCUT2D eigenvalue weighted by Crippen LogP contribution is -2.38. The van der Waals surface area contributed by atoms with Gasteiger partial charge in [-0.2, -0.15) is 0 Å². The van der Waals surface area contributed by atoms with Crippen LogP contribution in [-0.2, 0) is 14.2 Å². The molecule has 2 fully saturated rings. The van der Waals surface area contributed by atoms with Crippen LogP contribution in [0.15, 0.2) is 0 Å². The minimum absolute atomic E-state index is 0.0568. The second-order valence-electron chi connectivity index (χ2n) is 5.49. The molecule has 0 amide bonds. The zero-order chi connectivity index (χ0) is 14.4. The first-order valence-electron chi connectivity index (χ1n) is 7.42. The van der Waals surface area contributed by atoms with Gasteiger partial charge in [0.2, 0.25) is 0 Å². The van der Waals surface area contributed by atoms with Gasteiger partial charge in [-0.25, -0.2) is 9.59 Å². The third kappa shape index (κ3) is 4.58. The molecule has 20 heavy (non-hydrogen) atoms. The van der Waals surface area contributed by atoms with Crippen molar-refractivity contribution < 1.29 is 28.9 Å². The normalized spacial score (nSPS) is 27.6. The molecule has 2 aliphatic carbocycles. The Balaban J connectivity index is 1.79. The fraction of sp³-hybridized carbons (Fsp3) is 0.857. The molecule has 0 aromatic heterocycles. The fourth-order valence-electron chi connectivity index (χ4n) is 2.93. The molecule has 0 aliphatic heterocycles. The Hall–Kier alpha value is -1.46. The summed E-state index contributed by atoms with van der Waals surface area (Å²) in [5, 5.41) is 8.68. The van der Waals surface area contributed by atoms with E-state index in [0.29, 0.717) is 12.8 Å². The number of hydrogen-bond acceptors (Lipinski definition) is 5. The van der Waals surface area contributed by atoms with Gasteiger partial charge in [0.15, 0.2) is 0 Å². The summed E-state index contributed by atoms with van der Waals surface area (Å²) in [6, 6.07) is 0. The minimum atomic E-state index is -1.33. The summed E-state index contributed by atoms with van der Waals surface area (Å²) in [4.78, 5) is 22.4. The van der Waals surface area contributed by atoms with Crippen molar-refractivity contribution in [2.75, 3.05) is 0 Å². The Morgan fingerprint density at radius 3 is 1.90 bits per heavy atom. The molecule has 6 heteroatoms. The van der Waals surface area contributed by atoms with Gasteiger partial charge in [-0.15, -0.1) is 0 Å². The van der Waals surface area contributed by atoms with Crippen LogP contribution in [0.3, 0.4) is 0 Å². The first-order chi connectivity index (χ1) is 9.65. The van der Waals surface area contributed by atoms with Crippen molar-refractivity contribution in [2.45, 2.75) is 76.1 Å². The molecule has 0 bridgehead atoms. The molecule has 0 heterocycles. The molecule has 2 saturated carbocycles. The lowest BCUT2D eigenvalue weighted by atomic mass is 9.94. The highest BCUT2D eigenvalue weighted by Gasteiger charge is 2.32. The van der Waals surface area contributed by atoms with Gasteiger partial charge in [0.25, 0.3) is 0 Å². The van der Waals surface area contributed by atoms with Crippen LogP contribution < -0.4 is 0 Å². The Labute approximate surface area is 118 Å². The van der Waals surface area contributed by atoms with Crippen molar-refractivity contribution >= 4 is 12.3 Å². The van der Waals surface area contributed by atoms with Crippen molar-refractivity contribution in [2.24, 2.45) is 0 Å². The van der Waals surface area contributed by atoms with Crippen molar-refractivity contribution in [3.05, 3.63) is 0 Å². The molecule has 6 nitrogen and oxygen atoms in total. The van der Waals surface area contributed by atoms with E-state index in [9.17, 15) is 9.59 Å². The van der Waals surface area contributed by atoms with Crippen LogP contribution >= 0.6 is 0 Å². The maximum atomic E-state index is 11.8. The van der Waals surface area contributed by atoms with Crippen molar-refractivity contribution in [3.63, 3.8) is 0 Å². The Kier molecular flexibility index (Phi) is 5.49. The summed E-state index contributed by atoms with van der Waals surface area (Å²) in [7, 11) is 0. The molecule has 0 aromatic carbocycles. The van der Waals surface area contributed by atoms with Crippen molar-refractivity contribution in [3.8, 4) is 0 Å². The number of hydrogen-bond donors (Lipinski definition) is 1. The molecule has 114 valence electrons. The predicted octanol–water partition coefficient (Wildman–Crippen LogP) is 3.48. The lowest BCUT2D eigenvalue weighted by Gasteiger charge is -2.30. The Bertz CT molecular complexity index is 337. The number of rotatable bonds is 3. The average molecular weight is 286 g/mol. The summed E-state index contributed by atoms with van der Waals surface area (Å²) in [5.41, 5.74) is 0. The molecule has 2 rings (SSSR count). The van der Waals surface area contributed by atoms with Gasteiger partial charge in [0.05, 0.1) is 0 Å². The zero-order valence-corrected chi connectivity index (χ0v) is 11.6. The summed E-state index contributed by atoms with van der Waals surface area (Å²) in [6.07, 6.45) is 4.94. The molecule has 0 radical (unpaired) electrons. The van der Waals surface area contributed by atoms with Crippen LogP contribution in [0.4, 0.5) is 9.59 Å². The first-order valence-corrected chi connectivity index (χ1v) is 7.42. The van der Waals surface area contributed by atoms with Gasteiger partial charge in [0, 0.05) is 0 Å². The van der Waals surface area contributed by atoms with E-state index < -0.39 is 24.5 Å².